The molecule has 1 aliphatic heterocycles. The fourth-order valence-corrected chi connectivity index (χ4v) is 3.51. The maximum absolute atomic E-state index is 12.6. The SMILES string of the molecule is COc1cc(CNC(=O)C2CC(=O)N(CCc3ccc(Cl)cc3)C2)cc(OC)c1. The average molecular weight is 417 g/mol. The van der Waals surface area contributed by atoms with Gasteiger partial charge < -0.3 is 19.7 Å². The molecule has 1 atom stereocenters. The van der Waals surface area contributed by atoms with Crippen LogP contribution in [0.25, 0.3) is 0 Å². The van der Waals surface area contributed by atoms with Gasteiger partial charge >= 0.3 is 0 Å². The molecule has 1 fully saturated rings. The zero-order chi connectivity index (χ0) is 20.8. The lowest BCUT2D eigenvalue weighted by Gasteiger charge is -2.17. The highest BCUT2D eigenvalue weighted by Crippen LogP contribution is 2.23. The van der Waals surface area contributed by atoms with Crippen molar-refractivity contribution in [3.8, 4) is 11.5 Å². The predicted molar refractivity (Wildman–Crippen MR) is 111 cm³/mol. The number of halogens is 1. The van der Waals surface area contributed by atoms with E-state index in [1.54, 1.807) is 25.2 Å². The van der Waals surface area contributed by atoms with E-state index in [-0.39, 0.29) is 24.2 Å². The molecule has 0 radical (unpaired) electrons. The average Bonchev–Trinajstić information content (AvgIpc) is 3.12. The van der Waals surface area contributed by atoms with Gasteiger partial charge in [-0.25, -0.2) is 0 Å². The van der Waals surface area contributed by atoms with Crippen LogP contribution in [0, 0.1) is 5.92 Å². The monoisotopic (exact) mass is 416 g/mol. The topological polar surface area (TPSA) is 67.9 Å². The molecule has 0 aromatic heterocycles. The third-order valence-corrected chi connectivity index (χ3v) is 5.30. The Balaban J connectivity index is 1.51. The van der Waals surface area contributed by atoms with Crippen LogP contribution in [0.4, 0.5) is 0 Å². The smallest absolute Gasteiger partial charge is 0.225 e. The molecule has 3 rings (SSSR count). The first-order chi connectivity index (χ1) is 14.0. The van der Waals surface area contributed by atoms with Gasteiger partial charge in [-0.15, -0.1) is 0 Å². The first kappa shape index (κ1) is 21.0. The molecule has 0 aliphatic carbocycles. The summed E-state index contributed by atoms with van der Waals surface area (Å²) in [5.74, 6) is 0.896. The van der Waals surface area contributed by atoms with Crippen molar-refractivity contribution < 1.29 is 19.1 Å². The molecule has 2 aromatic carbocycles. The van der Waals surface area contributed by atoms with Crippen LogP contribution in [0.15, 0.2) is 42.5 Å². The van der Waals surface area contributed by atoms with Crippen molar-refractivity contribution in [1.82, 2.24) is 10.2 Å². The third-order valence-electron chi connectivity index (χ3n) is 5.05. The number of hydrogen-bond donors (Lipinski definition) is 1. The lowest BCUT2D eigenvalue weighted by Crippen LogP contribution is -2.33. The van der Waals surface area contributed by atoms with Crippen molar-refractivity contribution >= 4 is 23.4 Å². The standard InChI is InChI=1S/C22H25ClN2O4/c1-28-19-9-16(10-20(12-19)29-2)13-24-22(27)17-11-21(26)25(14-17)8-7-15-3-5-18(23)6-4-15/h3-6,9-10,12,17H,7-8,11,13-14H2,1-2H3,(H,24,27). The summed E-state index contributed by atoms with van der Waals surface area (Å²) in [5, 5.41) is 3.61. The zero-order valence-corrected chi connectivity index (χ0v) is 17.4. The largest absolute Gasteiger partial charge is 0.497 e. The van der Waals surface area contributed by atoms with Crippen LogP contribution in [0.5, 0.6) is 11.5 Å². The predicted octanol–water partition coefficient (Wildman–Crippen LogP) is 3.06. The first-order valence-electron chi connectivity index (χ1n) is 9.50. The van der Waals surface area contributed by atoms with E-state index in [0.717, 1.165) is 17.5 Å². The minimum Gasteiger partial charge on any atom is -0.497 e. The quantitative estimate of drug-likeness (QED) is 0.718. The molecule has 7 heteroatoms. The highest BCUT2D eigenvalue weighted by atomic mass is 35.5. The molecule has 2 aromatic rings. The van der Waals surface area contributed by atoms with Crippen molar-refractivity contribution in [1.29, 1.82) is 0 Å². The van der Waals surface area contributed by atoms with E-state index in [0.29, 0.717) is 36.2 Å². The first-order valence-corrected chi connectivity index (χ1v) is 9.88. The van der Waals surface area contributed by atoms with Gasteiger partial charge in [0.25, 0.3) is 0 Å². The molecule has 1 unspecified atom stereocenters. The van der Waals surface area contributed by atoms with E-state index in [4.69, 9.17) is 21.1 Å². The molecule has 6 nitrogen and oxygen atoms in total. The number of nitrogens with one attached hydrogen (secondary N) is 1. The molecule has 0 saturated carbocycles. The molecule has 2 amide bonds. The summed E-state index contributed by atoms with van der Waals surface area (Å²) in [6, 6.07) is 13.1. The van der Waals surface area contributed by atoms with Gasteiger partial charge in [0.1, 0.15) is 11.5 Å². The van der Waals surface area contributed by atoms with Gasteiger partial charge in [0, 0.05) is 37.1 Å². The summed E-state index contributed by atoms with van der Waals surface area (Å²) < 4.78 is 10.5. The summed E-state index contributed by atoms with van der Waals surface area (Å²) in [6.45, 7) is 1.39. The highest BCUT2D eigenvalue weighted by molar-refractivity contribution is 6.30. The molecule has 29 heavy (non-hydrogen) atoms. The summed E-state index contributed by atoms with van der Waals surface area (Å²) in [5.41, 5.74) is 1.99. The maximum Gasteiger partial charge on any atom is 0.225 e. The Morgan fingerprint density at radius 1 is 1.10 bits per heavy atom. The van der Waals surface area contributed by atoms with Gasteiger partial charge in [-0.1, -0.05) is 23.7 Å². The minimum absolute atomic E-state index is 0.0159. The van der Waals surface area contributed by atoms with Gasteiger partial charge in [0.15, 0.2) is 0 Å². The van der Waals surface area contributed by atoms with Gasteiger partial charge in [-0.3, -0.25) is 9.59 Å². The molecule has 1 heterocycles. The third kappa shape index (κ3) is 5.64. The number of nitrogens with zero attached hydrogens (tertiary/aromatic N) is 1. The molecule has 1 saturated heterocycles. The van der Waals surface area contributed by atoms with Gasteiger partial charge in [0.2, 0.25) is 11.8 Å². The second-order valence-corrected chi connectivity index (χ2v) is 7.49. The Morgan fingerprint density at radius 2 is 1.76 bits per heavy atom. The molecule has 1 N–H and O–H groups in total. The van der Waals surface area contributed by atoms with Crippen molar-refractivity contribution in [3.05, 3.63) is 58.6 Å². The van der Waals surface area contributed by atoms with Crippen LogP contribution in [-0.4, -0.2) is 44.0 Å². The number of benzene rings is 2. The van der Waals surface area contributed by atoms with Crippen LogP contribution in [-0.2, 0) is 22.6 Å². The van der Waals surface area contributed by atoms with Crippen molar-refractivity contribution in [2.75, 3.05) is 27.3 Å². The van der Waals surface area contributed by atoms with Crippen LogP contribution in [0.1, 0.15) is 17.5 Å². The summed E-state index contributed by atoms with van der Waals surface area (Å²) >= 11 is 5.90. The van der Waals surface area contributed by atoms with E-state index in [9.17, 15) is 9.59 Å². The number of ether oxygens (including phenoxy) is 2. The number of likely N-dealkylation sites (tertiary alicyclic amines) is 1. The van der Waals surface area contributed by atoms with E-state index in [1.165, 1.54) is 0 Å². The van der Waals surface area contributed by atoms with Crippen molar-refractivity contribution in [2.45, 2.75) is 19.4 Å². The van der Waals surface area contributed by atoms with Gasteiger partial charge in [-0.2, -0.15) is 0 Å². The highest BCUT2D eigenvalue weighted by Gasteiger charge is 2.33. The Morgan fingerprint density at radius 3 is 2.38 bits per heavy atom. The Kier molecular flexibility index (Phi) is 6.99. The summed E-state index contributed by atoms with van der Waals surface area (Å²) in [6.07, 6.45) is 0.981. The maximum atomic E-state index is 12.6. The molecular formula is C22H25ClN2O4. The van der Waals surface area contributed by atoms with Crippen LogP contribution >= 0.6 is 11.6 Å². The van der Waals surface area contributed by atoms with Gasteiger partial charge in [0.05, 0.1) is 20.1 Å². The van der Waals surface area contributed by atoms with Crippen LogP contribution < -0.4 is 14.8 Å². The second kappa shape index (κ2) is 9.65. The minimum atomic E-state index is -0.333. The lowest BCUT2D eigenvalue weighted by molar-refractivity contribution is -0.129. The fourth-order valence-electron chi connectivity index (χ4n) is 3.38. The Bertz CT molecular complexity index is 847. The second-order valence-electron chi connectivity index (χ2n) is 7.06. The lowest BCUT2D eigenvalue weighted by atomic mass is 10.1. The normalized spacial score (nSPS) is 16.0. The fraction of sp³-hybridized carbons (Fsp3) is 0.364. The number of methoxy groups -OCH3 is 2. The number of carbonyl (C=O) groups is 2. The van der Waals surface area contributed by atoms with E-state index in [2.05, 4.69) is 5.32 Å². The Hall–Kier alpha value is -2.73. The summed E-state index contributed by atoms with van der Waals surface area (Å²) in [7, 11) is 3.17. The van der Waals surface area contributed by atoms with Crippen LogP contribution in [0.2, 0.25) is 5.02 Å². The Labute approximate surface area is 175 Å². The summed E-state index contributed by atoms with van der Waals surface area (Å²) in [4.78, 5) is 26.6. The molecule has 1 aliphatic rings. The van der Waals surface area contributed by atoms with Crippen molar-refractivity contribution in [2.24, 2.45) is 5.92 Å². The van der Waals surface area contributed by atoms with E-state index >= 15 is 0 Å². The number of carbonyl (C=O) groups excluding carboxylic acids is 2. The number of hydrogen-bond acceptors (Lipinski definition) is 4. The van der Waals surface area contributed by atoms with Crippen LogP contribution in [0.3, 0.4) is 0 Å². The molecule has 0 spiro atoms. The number of amides is 2. The van der Waals surface area contributed by atoms with E-state index in [1.807, 2.05) is 36.4 Å². The zero-order valence-electron chi connectivity index (χ0n) is 16.6. The molecule has 0 bridgehead atoms. The molecule has 154 valence electrons. The molecular weight excluding hydrogens is 392 g/mol. The van der Waals surface area contributed by atoms with Crippen molar-refractivity contribution in [3.63, 3.8) is 0 Å². The number of rotatable bonds is 8. The van der Waals surface area contributed by atoms with Gasteiger partial charge in [-0.05, 0) is 41.8 Å². The van der Waals surface area contributed by atoms with E-state index < -0.39 is 0 Å².